The number of aromatic nitrogens is 1. The van der Waals surface area contributed by atoms with Crippen LogP contribution in [0.2, 0.25) is 0 Å². The monoisotopic (exact) mass is 280 g/mol. The van der Waals surface area contributed by atoms with Crippen molar-refractivity contribution in [2.75, 3.05) is 33.9 Å². The van der Waals surface area contributed by atoms with E-state index in [-0.39, 0.29) is 23.8 Å². The molecule has 1 aliphatic rings. The molecule has 1 aliphatic heterocycles. The lowest BCUT2D eigenvalue weighted by Gasteiger charge is -2.20. The second-order valence-electron chi connectivity index (χ2n) is 5.01. The molecule has 110 valence electrons. The maximum Gasteiger partial charge on any atom is 0.293 e. The minimum absolute atomic E-state index is 0.0279. The summed E-state index contributed by atoms with van der Waals surface area (Å²) in [6.45, 7) is 2.16. The molecule has 0 radical (unpaired) electrons. The molecule has 20 heavy (non-hydrogen) atoms. The van der Waals surface area contributed by atoms with Crippen LogP contribution in [0, 0.1) is 5.92 Å². The van der Waals surface area contributed by atoms with Crippen molar-refractivity contribution in [3.8, 4) is 5.75 Å². The van der Waals surface area contributed by atoms with Gasteiger partial charge in [0.05, 0.1) is 13.7 Å². The first-order valence-corrected chi connectivity index (χ1v) is 6.67. The third kappa shape index (κ3) is 3.39. The number of carbonyl (C=O) groups excluding carboxylic acids is 1. The molecule has 0 saturated carbocycles. The van der Waals surface area contributed by atoms with Crippen molar-refractivity contribution < 1.29 is 14.3 Å². The molecule has 2 heterocycles. The molecule has 6 heteroatoms. The van der Waals surface area contributed by atoms with E-state index in [4.69, 9.17) is 9.47 Å². The van der Waals surface area contributed by atoms with Crippen LogP contribution < -0.4 is 10.3 Å². The van der Waals surface area contributed by atoms with E-state index in [9.17, 15) is 9.59 Å². The predicted molar refractivity (Wildman–Crippen MR) is 73.8 cm³/mol. The van der Waals surface area contributed by atoms with Crippen LogP contribution in [0.25, 0.3) is 0 Å². The lowest BCUT2D eigenvalue weighted by atomic mass is 10.1. The Morgan fingerprint density at radius 2 is 2.40 bits per heavy atom. The third-order valence-electron chi connectivity index (χ3n) is 3.49. The van der Waals surface area contributed by atoms with Gasteiger partial charge in [0.15, 0.2) is 5.75 Å². The van der Waals surface area contributed by atoms with Crippen molar-refractivity contribution >= 4 is 5.91 Å². The number of amides is 1. The zero-order valence-corrected chi connectivity index (χ0v) is 11.9. The van der Waals surface area contributed by atoms with Gasteiger partial charge in [0, 0.05) is 32.3 Å². The molecule has 0 aromatic carbocycles. The molecule has 1 fully saturated rings. The van der Waals surface area contributed by atoms with Gasteiger partial charge in [-0.2, -0.15) is 0 Å². The summed E-state index contributed by atoms with van der Waals surface area (Å²) in [6.07, 6.45) is 2.58. The summed E-state index contributed by atoms with van der Waals surface area (Å²) in [5.41, 5.74) is -0.291. The Morgan fingerprint density at radius 3 is 3.05 bits per heavy atom. The maximum atomic E-state index is 12.1. The fraction of sp³-hybridized carbons (Fsp3) is 0.571. The summed E-state index contributed by atoms with van der Waals surface area (Å²) in [7, 11) is 3.20. The van der Waals surface area contributed by atoms with Crippen molar-refractivity contribution in [2.24, 2.45) is 5.92 Å². The highest BCUT2D eigenvalue weighted by Gasteiger charge is 2.20. The van der Waals surface area contributed by atoms with Crippen LogP contribution in [0.15, 0.2) is 23.1 Å². The molecule has 0 spiro atoms. The van der Waals surface area contributed by atoms with Crippen molar-refractivity contribution in [1.29, 1.82) is 0 Å². The third-order valence-corrected chi connectivity index (χ3v) is 3.49. The Hall–Kier alpha value is -1.82. The molecule has 0 N–H and O–H groups in total. The molecule has 0 bridgehead atoms. The highest BCUT2D eigenvalue weighted by atomic mass is 16.5. The lowest BCUT2D eigenvalue weighted by Crippen LogP contribution is -2.36. The number of rotatable bonds is 5. The molecule has 1 aromatic heterocycles. The number of nitrogens with zero attached hydrogens (tertiary/aromatic N) is 2. The fourth-order valence-electron chi connectivity index (χ4n) is 2.28. The van der Waals surface area contributed by atoms with Crippen molar-refractivity contribution in [3.05, 3.63) is 28.7 Å². The standard InChI is InChI=1S/C14H20N2O4/c1-15(8-11-5-7-20-10-11)13(17)9-16-6-3-4-12(19-2)14(16)18/h3-4,6,11H,5,7-10H2,1-2H3. The van der Waals surface area contributed by atoms with Gasteiger partial charge >= 0.3 is 0 Å². The van der Waals surface area contributed by atoms with Crippen LogP contribution >= 0.6 is 0 Å². The van der Waals surface area contributed by atoms with E-state index in [1.807, 2.05) is 0 Å². The van der Waals surface area contributed by atoms with Gasteiger partial charge in [0.2, 0.25) is 5.91 Å². The molecule has 1 unspecified atom stereocenters. The molecule has 1 amide bonds. The van der Waals surface area contributed by atoms with Crippen LogP contribution in [-0.2, 0) is 16.1 Å². The molecule has 0 aliphatic carbocycles. The Kier molecular flexibility index (Phi) is 4.79. The minimum Gasteiger partial charge on any atom is -0.491 e. The average molecular weight is 280 g/mol. The lowest BCUT2D eigenvalue weighted by molar-refractivity contribution is -0.131. The molecule has 6 nitrogen and oxygen atoms in total. The van der Waals surface area contributed by atoms with Crippen LogP contribution in [0.4, 0.5) is 0 Å². The van der Waals surface area contributed by atoms with E-state index < -0.39 is 0 Å². The Bertz CT molecular complexity index is 520. The van der Waals surface area contributed by atoms with Gasteiger partial charge in [0.25, 0.3) is 5.56 Å². The van der Waals surface area contributed by atoms with Crippen molar-refractivity contribution in [1.82, 2.24) is 9.47 Å². The van der Waals surface area contributed by atoms with E-state index in [0.29, 0.717) is 19.1 Å². The number of ether oxygens (including phenoxy) is 2. The first kappa shape index (κ1) is 14.6. The van der Waals surface area contributed by atoms with Crippen molar-refractivity contribution in [2.45, 2.75) is 13.0 Å². The summed E-state index contributed by atoms with van der Waals surface area (Å²) in [6, 6.07) is 3.28. The smallest absolute Gasteiger partial charge is 0.293 e. The summed E-state index contributed by atoms with van der Waals surface area (Å²) in [5, 5.41) is 0. The topological polar surface area (TPSA) is 60.8 Å². The van der Waals surface area contributed by atoms with Crippen LogP contribution in [0.3, 0.4) is 0 Å². The van der Waals surface area contributed by atoms with Gasteiger partial charge in [-0.3, -0.25) is 9.59 Å². The number of hydrogen-bond acceptors (Lipinski definition) is 4. The summed E-state index contributed by atoms with van der Waals surface area (Å²) >= 11 is 0. The first-order chi connectivity index (χ1) is 9.61. The van der Waals surface area contributed by atoms with E-state index >= 15 is 0 Å². The average Bonchev–Trinajstić information content (AvgIpc) is 2.94. The van der Waals surface area contributed by atoms with Gasteiger partial charge in [-0.25, -0.2) is 0 Å². The highest BCUT2D eigenvalue weighted by molar-refractivity contribution is 5.75. The van der Waals surface area contributed by atoms with E-state index in [1.54, 1.807) is 30.3 Å². The Balaban J connectivity index is 1.98. The second kappa shape index (κ2) is 6.56. The normalized spacial score (nSPS) is 18.0. The number of likely N-dealkylation sites (N-methyl/N-ethyl adjacent to an activating group) is 1. The van der Waals surface area contributed by atoms with E-state index in [2.05, 4.69) is 0 Å². The Morgan fingerprint density at radius 1 is 1.60 bits per heavy atom. The van der Waals surface area contributed by atoms with Crippen LogP contribution in [0.1, 0.15) is 6.42 Å². The predicted octanol–water partition coefficient (Wildman–Crippen LogP) is 0.352. The zero-order chi connectivity index (χ0) is 14.5. The molecule has 2 rings (SSSR count). The Labute approximate surface area is 117 Å². The molecule has 1 atom stereocenters. The van der Waals surface area contributed by atoms with Gasteiger partial charge in [-0.15, -0.1) is 0 Å². The number of pyridine rings is 1. The maximum absolute atomic E-state index is 12.1. The molecular formula is C14H20N2O4. The second-order valence-corrected chi connectivity index (χ2v) is 5.01. The molecule has 1 saturated heterocycles. The number of carbonyl (C=O) groups is 1. The summed E-state index contributed by atoms with van der Waals surface area (Å²) in [5.74, 6) is 0.547. The van der Waals surface area contributed by atoms with E-state index in [0.717, 1.165) is 13.0 Å². The molecular weight excluding hydrogens is 260 g/mol. The SMILES string of the molecule is COc1cccn(CC(=O)N(C)CC2CCOC2)c1=O. The van der Waals surface area contributed by atoms with Gasteiger partial charge < -0.3 is 18.9 Å². The molecule has 1 aromatic rings. The number of methoxy groups -OCH3 is 1. The van der Waals surface area contributed by atoms with Crippen LogP contribution in [0.5, 0.6) is 5.75 Å². The zero-order valence-electron chi connectivity index (χ0n) is 11.9. The van der Waals surface area contributed by atoms with Crippen LogP contribution in [-0.4, -0.2) is 49.3 Å². The van der Waals surface area contributed by atoms with Gasteiger partial charge in [-0.1, -0.05) is 0 Å². The quantitative estimate of drug-likeness (QED) is 0.781. The minimum atomic E-state index is -0.291. The highest BCUT2D eigenvalue weighted by Crippen LogP contribution is 2.13. The van der Waals surface area contributed by atoms with E-state index in [1.165, 1.54) is 11.7 Å². The largest absolute Gasteiger partial charge is 0.491 e. The summed E-state index contributed by atoms with van der Waals surface area (Å²) in [4.78, 5) is 25.7. The van der Waals surface area contributed by atoms with Crippen molar-refractivity contribution in [3.63, 3.8) is 0 Å². The number of hydrogen-bond donors (Lipinski definition) is 0. The van der Waals surface area contributed by atoms with Gasteiger partial charge in [-0.05, 0) is 18.6 Å². The summed E-state index contributed by atoms with van der Waals surface area (Å²) < 4.78 is 11.6. The van der Waals surface area contributed by atoms with Gasteiger partial charge in [0.1, 0.15) is 6.54 Å². The fourth-order valence-corrected chi connectivity index (χ4v) is 2.28. The first-order valence-electron chi connectivity index (χ1n) is 6.67.